The first-order chi connectivity index (χ1) is 9.54. The molecular formula is C13H15BrFN3O2. The summed E-state index contributed by atoms with van der Waals surface area (Å²) in [5.74, 6) is -1.33. The third-order valence-corrected chi connectivity index (χ3v) is 3.71. The first kappa shape index (κ1) is 14.9. The van der Waals surface area contributed by atoms with Crippen molar-refractivity contribution in [3.8, 4) is 0 Å². The molecule has 0 spiro atoms. The van der Waals surface area contributed by atoms with Gasteiger partial charge in [-0.15, -0.1) is 0 Å². The van der Waals surface area contributed by atoms with Gasteiger partial charge in [-0.05, 0) is 18.2 Å². The molecule has 1 heterocycles. The minimum atomic E-state index is -0.625. The van der Waals surface area contributed by atoms with Crippen LogP contribution in [0.25, 0.3) is 0 Å². The molecule has 7 heteroatoms. The molecule has 108 valence electrons. The molecule has 2 amide bonds. The third-order valence-electron chi connectivity index (χ3n) is 3.21. The molecule has 20 heavy (non-hydrogen) atoms. The molecule has 2 rings (SSSR count). The lowest BCUT2D eigenvalue weighted by molar-refractivity contribution is -0.125. The summed E-state index contributed by atoms with van der Waals surface area (Å²) in [6.45, 7) is 1.30. The minimum Gasteiger partial charge on any atom is -0.357 e. The van der Waals surface area contributed by atoms with E-state index in [1.165, 1.54) is 30.1 Å². The van der Waals surface area contributed by atoms with Crippen molar-refractivity contribution in [2.75, 3.05) is 26.7 Å². The van der Waals surface area contributed by atoms with Gasteiger partial charge >= 0.3 is 0 Å². The normalized spacial score (nSPS) is 18.8. The van der Waals surface area contributed by atoms with Gasteiger partial charge in [-0.1, -0.05) is 15.9 Å². The van der Waals surface area contributed by atoms with Gasteiger partial charge in [-0.2, -0.15) is 0 Å². The minimum absolute atomic E-state index is 0.0322. The standard InChI is InChI=1S/C13H15BrFN3O2/c1-16-12(19)11-7-17-4-5-18(11)13(20)9-6-8(14)2-3-10(9)15/h2-3,6,11,17H,4-5,7H2,1H3,(H,16,19). The molecule has 1 fully saturated rings. The Balaban J connectivity index is 2.30. The first-order valence-electron chi connectivity index (χ1n) is 6.23. The molecule has 0 aliphatic carbocycles. The summed E-state index contributed by atoms with van der Waals surface area (Å²) >= 11 is 3.22. The van der Waals surface area contributed by atoms with Gasteiger partial charge in [0.1, 0.15) is 11.9 Å². The molecule has 0 bridgehead atoms. The number of benzene rings is 1. The zero-order valence-electron chi connectivity index (χ0n) is 11.0. The van der Waals surface area contributed by atoms with Gasteiger partial charge in [0.15, 0.2) is 0 Å². The lowest BCUT2D eigenvalue weighted by atomic mass is 10.1. The average Bonchev–Trinajstić information content (AvgIpc) is 2.48. The summed E-state index contributed by atoms with van der Waals surface area (Å²) in [7, 11) is 1.51. The highest BCUT2D eigenvalue weighted by Crippen LogP contribution is 2.19. The van der Waals surface area contributed by atoms with E-state index in [4.69, 9.17) is 0 Å². The smallest absolute Gasteiger partial charge is 0.257 e. The fourth-order valence-electron chi connectivity index (χ4n) is 2.16. The van der Waals surface area contributed by atoms with E-state index in [1.807, 2.05) is 0 Å². The van der Waals surface area contributed by atoms with E-state index in [-0.39, 0.29) is 11.5 Å². The van der Waals surface area contributed by atoms with Crippen LogP contribution in [0.1, 0.15) is 10.4 Å². The lowest BCUT2D eigenvalue weighted by Gasteiger charge is -2.35. The molecule has 0 aromatic heterocycles. The molecule has 0 radical (unpaired) electrons. The molecule has 2 N–H and O–H groups in total. The van der Waals surface area contributed by atoms with E-state index in [0.29, 0.717) is 24.1 Å². The van der Waals surface area contributed by atoms with Crippen molar-refractivity contribution in [2.24, 2.45) is 0 Å². The molecule has 1 aliphatic rings. The Bertz CT molecular complexity index is 538. The molecule has 1 atom stereocenters. The number of amides is 2. The molecule has 1 aromatic rings. The topological polar surface area (TPSA) is 61.4 Å². The van der Waals surface area contributed by atoms with Gasteiger partial charge < -0.3 is 15.5 Å². The Labute approximate surface area is 124 Å². The Kier molecular flexibility index (Phi) is 4.72. The zero-order chi connectivity index (χ0) is 14.7. The van der Waals surface area contributed by atoms with Crippen LogP contribution in [-0.2, 0) is 4.79 Å². The van der Waals surface area contributed by atoms with Crippen LogP contribution in [0.4, 0.5) is 4.39 Å². The molecule has 5 nitrogen and oxygen atoms in total. The van der Waals surface area contributed by atoms with Crippen LogP contribution in [0, 0.1) is 5.82 Å². The van der Waals surface area contributed by atoms with Gasteiger partial charge in [0.05, 0.1) is 5.56 Å². The van der Waals surface area contributed by atoms with Gasteiger partial charge in [-0.25, -0.2) is 4.39 Å². The number of carbonyl (C=O) groups excluding carboxylic acids is 2. The van der Waals surface area contributed by atoms with Crippen LogP contribution in [-0.4, -0.2) is 49.4 Å². The van der Waals surface area contributed by atoms with Gasteiger partial charge in [0.2, 0.25) is 5.91 Å². The van der Waals surface area contributed by atoms with Crippen molar-refractivity contribution in [3.63, 3.8) is 0 Å². The summed E-state index contributed by atoms with van der Waals surface area (Å²) in [5, 5.41) is 5.58. The zero-order valence-corrected chi connectivity index (χ0v) is 12.5. The molecule has 0 saturated carbocycles. The fraction of sp³-hybridized carbons (Fsp3) is 0.385. The summed E-state index contributed by atoms with van der Waals surface area (Å²) in [6.07, 6.45) is 0. The van der Waals surface area contributed by atoms with E-state index in [0.717, 1.165) is 0 Å². The summed E-state index contributed by atoms with van der Waals surface area (Å²) in [4.78, 5) is 25.7. The van der Waals surface area contributed by atoms with Gasteiger partial charge in [0, 0.05) is 31.2 Å². The van der Waals surface area contributed by atoms with Crippen molar-refractivity contribution < 1.29 is 14.0 Å². The van der Waals surface area contributed by atoms with Gasteiger partial charge in [-0.3, -0.25) is 9.59 Å². The average molecular weight is 344 g/mol. The number of nitrogens with zero attached hydrogens (tertiary/aromatic N) is 1. The highest BCUT2D eigenvalue weighted by Gasteiger charge is 2.33. The van der Waals surface area contributed by atoms with Crippen LogP contribution < -0.4 is 10.6 Å². The Morgan fingerprint density at radius 1 is 1.50 bits per heavy atom. The predicted octanol–water partition coefficient (Wildman–Crippen LogP) is 0.748. The first-order valence-corrected chi connectivity index (χ1v) is 7.02. The van der Waals surface area contributed by atoms with Crippen LogP contribution in [0.15, 0.2) is 22.7 Å². The third kappa shape index (κ3) is 2.99. The molecular weight excluding hydrogens is 329 g/mol. The second-order valence-corrected chi connectivity index (χ2v) is 5.37. The van der Waals surface area contributed by atoms with Gasteiger partial charge in [0.25, 0.3) is 5.91 Å². The largest absolute Gasteiger partial charge is 0.357 e. The highest BCUT2D eigenvalue weighted by molar-refractivity contribution is 9.10. The van der Waals surface area contributed by atoms with Crippen molar-refractivity contribution in [2.45, 2.75) is 6.04 Å². The summed E-state index contributed by atoms with van der Waals surface area (Å²) in [5.41, 5.74) is -0.0322. The van der Waals surface area contributed by atoms with Crippen LogP contribution >= 0.6 is 15.9 Å². The number of hydrogen-bond acceptors (Lipinski definition) is 3. The Hall–Kier alpha value is -1.47. The predicted molar refractivity (Wildman–Crippen MR) is 75.9 cm³/mol. The number of halogens is 2. The van der Waals surface area contributed by atoms with Crippen LogP contribution in [0.3, 0.4) is 0 Å². The second-order valence-electron chi connectivity index (χ2n) is 4.46. The fourth-order valence-corrected chi connectivity index (χ4v) is 2.53. The summed E-state index contributed by atoms with van der Waals surface area (Å²) in [6, 6.07) is 3.56. The molecule has 1 aliphatic heterocycles. The Morgan fingerprint density at radius 2 is 2.25 bits per heavy atom. The Morgan fingerprint density at radius 3 is 2.95 bits per heavy atom. The molecule has 1 unspecified atom stereocenters. The van der Waals surface area contributed by atoms with Crippen LogP contribution in [0.5, 0.6) is 0 Å². The second kappa shape index (κ2) is 6.32. The highest BCUT2D eigenvalue weighted by atomic mass is 79.9. The number of hydrogen-bond donors (Lipinski definition) is 2. The number of piperazine rings is 1. The maximum absolute atomic E-state index is 13.8. The monoisotopic (exact) mass is 343 g/mol. The number of carbonyl (C=O) groups is 2. The van der Waals surface area contributed by atoms with E-state index >= 15 is 0 Å². The van der Waals surface area contributed by atoms with E-state index in [2.05, 4.69) is 26.6 Å². The number of nitrogens with one attached hydrogen (secondary N) is 2. The quantitative estimate of drug-likeness (QED) is 0.832. The van der Waals surface area contributed by atoms with E-state index < -0.39 is 17.8 Å². The van der Waals surface area contributed by atoms with Crippen LogP contribution in [0.2, 0.25) is 0 Å². The molecule has 1 aromatic carbocycles. The van der Waals surface area contributed by atoms with Crippen molar-refractivity contribution in [1.82, 2.24) is 15.5 Å². The number of rotatable bonds is 2. The maximum atomic E-state index is 13.8. The van der Waals surface area contributed by atoms with Crippen molar-refractivity contribution >= 4 is 27.7 Å². The molecule has 1 saturated heterocycles. The van der Waals surface area contributed by atoms with Crippen molar-refractivity contribution in [1.29, 1.82) is 0 Å². The number of likely N-dealkylation sites (N-methyl/N-ethyl adjacent to an activating group) is 1. The van der Waals surface area contributed by atoms with E-state index in [9.17, 15) is 14.0 Å². The maximum Gasteiger partial charge on any atom is 0.257 e. The lowest BCUT2D eigenvalue weighted by Crippen LogP contribution is -2.59. The van der Waals surface area contributed by atoms with Crippen molar-refractivity contribution in [3.05, 3.63) is 34.1 Å². The van der Waals surface area contributed by atoms with E-state index in [1.54, 1.807) is 0 Å². The SMILES string of the molecule is CNC(=O)C1CNCCN1C(=O)c1cc(Br)ccc1F. The summed E-state index contributed by atoms with van der Waals surface area (Å²) < 4.78 is 14.4.